The molecule has 0 spiro atoms. The summed E-state index contributed by atoms with van der Waals surface area (Å²) in [5.41, 5.74) is -0.0662. The number of hydrogen-bond acceptors (Lipinski definition) is 9. The van der Waals surface area contributed by atoms with Gasteiger partial charge in [0.1, 0.15) is 17.4 Å². The number of ether oxygens (including phenoxy) is 1. The molecule has 6 aromatic rings. The highest BCUT2D eigenvalue weighted by atomic mass is 32.1. The number of pyridine rings is 1. The molecule has 1 saturated heterocycles. The van der Waals surface area contributed by atoms with E-state index < -0.39 is 40.4 Å². The number of aromatic hydroxyl groups is 2. The van der Waals surface area contributed by atoms with Crippen molar-refractivity contribution in [2.24, 2.45) is 5.92 Å². The Morgan fingerprint density at radius 2 is 1.36 bits per heavy atom. The molecule has 4 N–H and O–H groups in total. The van der Waals surface area contributed by atoms with Gasteiger partial charge in [0.05, 0.1) is 35.5 Å². The van der Waals surface area contributed by atoms with Crippen LogP contribution in [0, 0.1) is 27.1 Å². The first kappa shape index (κ1) is 37.0. The lowest BCUT2D eigenvalue weighted by atomic mass is 9.82. The third-order valence-electron chi connectivity index (χ3n) is 10.6. The molecule has 8 rings (SSSR count). The molecule has 0 amide bonds. The van der Waals surface area contributed by atoms with Gasteiger partial charge in [-0.3, -0.25) is 38.4 Å². The first-order chi connectivity index (χ1) is 26.9. The molecule has 3 aromatic carbocycles. The predicted octanol–water partition coefficient (Wildman–Crippen LogP) is 5.76. The molecule has 2 bridgehead atoms. The largest absolute Gasteiger partial charge is 0.496 e. The number of piperidine rings is 1. The maximum atomic E-state index is 14.1. The Hall–Kier alpha value is -5.97. The van der Waals surface area contributed by atoms with E-state index in [1.807, 2.05) is 10.6 Å². The fourth-order valence-corrected chi connectivity index (χ4v) is 8.77. The molecule has 2 aliphatic heterocycles. The van der Waals surface area contributed by atoms with Crippen molar-refractivity contribution >= 4 is 24.4 Å². The molecule has 1 fully saturated rings. The fraction of sp³-hybridized carbons (Fsp3) is 0.225. The molecule has 12 nitrogen and oxygen atoms in total. The second-order valence-corrected chi connectivity index (χ2v) is 14.8. The number of nitrogens with zero attached hydrogens (tertiary/aromatic N) is 4. The Morgan fingerprint density at radius 3 is 1.91 bits per heavy atom. The summed E-state index contributed by atoms with van der Waals surface area (Å²) >= 11 is 10.9. The van der Waals surface area contributed by atoms with Crippen molar-refractivity contribution in [3.63, 3.8) is 0 Å². The van der Waals surface area contributed by atoms with Gasteiger partial charge >= 0.3 is 0 Å². The molecule has 3 aromatic heterocycles. The number of nitrogens with one attached hydrogen (secondary N) is 2. The fourth-order valence-electron chi connectivity index (χ4n) is 8.20. The van der Waals surface area contributed by atoms with Gasteiger partial charge in [-0.2, -0.15) is 0 Å². The summed E-state index contributed by atoms with van der Waals surface area (Å²) in [4.78, 5) is 48.2. The second-order valence-electron chi connectivity index (χ2n) is 14.0. The molecular formula is C40H34F2N6O6S2. The van der Waals surface area contributed by atoms with Crippen LogP contribution in [0.1, 0.15) is 46.2 Å². The van der Waals surface area contributed by atoms with Gasteiger partial charge in [-0.15, -0.1) is 0 Å². The zero-order valence-electron chi connectivity index (χ0n) is 29.7. The zero-order valence-corrected chi connectivity index (χ0v) is 31.4. The van der Waals surface area contributed by atoms with Gasteiger partial charge in [0.2, 0.25) is 11.8 Å². The van der Waals surface area contributed by atoms with Gasteiger partial charge in [0.25, 0.3) is 16.7 Å². The van der Waals surface area contributed by atoms with Crippen LogP contribution in [-0.2, 0) is 13.1 Å². The molecule has 2 atom stereocenters. The summed E-state index contributed by atoms with van der Waals surface area (Å²) < 4.78 is 37.4. The standard InChI is InChI=1S/C40H34F2N6O6S2/c1-54-30-14-5-22(16-24(30)20-45-17-21-15-23(19-45)29-3-2-4-31(49)46(29)18-21)32(33-35(50)43-39(55)47(37(33)52)27-10-6-25(41)7-11-27)34-36(51)44-40(56)48(38(34)53)28-12-8-26(42)9-13-28/h2-14,16,21,23,32,52-53H,15,17-20H2,1H3,(H,43,50,55)(H,44,51,56)/t21-,23+/m0/s1. The molecular weight excluding hydrogens is 763 g/mol. The predicted molar refractivity (Wildman–Crippen MR) is 208 cm³/mol. The normalized spacial score (nSPS) is 16.5. The number of aromatic amines is 2. The minimum atomic E-state index is -1.48. The molecule has 0 aliphatic carbocycles. The van der Waals surface area contributed by atoms with Crippen molar-refractivity contribution in [1.29, 1.82) is 0 Å². The number of methoxy groups -OCH3 is 1. The Kier molecular flexibility index (Phi) is 9.64. The van der Waals surface area contributed by atoms with Crippen LogP contribution in [0.4, 0.5) is 8.78 Å². The number of fused-ring (bicyclic) bond motifs is 4. The number of rotatable bonds is 8. The van der Waals surface area contributed by atoms with Crippen molar-refractivity contribution in [1.82, 2.24) is 28.6 Å². The van der Waals surface area contributed by atoms with E-state index in [1.54, 1.807) is 30.3 Å². The van der Waals surface area contributed by atoms with Crippen LogP contribution in [0.3, 0.4) is 0 Å². The van der Waals surface area contributed by atoms with Crippen molar-refractivity contribution in [3.05, 3.63) is 165 Å². The van der Waals surface area contributed by atoms with Crippen LogP contribution in [0.15, 0.2) is 99.3 Å². The Balaban J connectivity index is 1.32. The Labute approximate surface area is 327 Å². The quantitative estimate of drug-likeness (QED) is 0.141. The summed E-state index contributed by atoms with van der Waals surface area (Å²) in [6.07, 6.45) is 0.948. The minimum Gasteiger partial charge on any atom is -0.496 e. The molecule has 0 unspecified atom stereocenters. The lowest BCUT2D eigenvalue weighted by Gasteiger charge is -2.43. The van der Waals surface area contributed by atoms with E-state index in [2.05, 4.69) is 14.9 Å². The lowest BCUT2D eigenvalue weighted by Crippen LogP contribution is -2.46. The van der Waals surface area contributed by atoms with E-state index in [0.29, 0.717) is 43.1 Å². The van der Waals surface area contributed by atoms with Crippen LogP contribution in [0.25, 0.3) is 11.4 Å². The Bertz CT molecular complexity index is 2690. The van der Waals surface area contributed by atoms with Crippen molar-refractivity contribution < 1.29 is 23.7 Å². The number of benzene rings is 3. The van der Waals surface area contributed by atoms with Crippen LogP contribution in [0.2, 0.25) is 0 Å². The van der Waals surface area contributed by atoms with E-state index in [9.17, 15) is 33.4 Å². The number of H-pyrrole nitrogens is 2. The summed E-state index contributed by atoms with van der Waals surface area (Å²) in [7, 11) is 1.53. The summed E-state index contributed by atoms with van der Waals surface area (Å²) in [6.45, 7) is 2.35. The molecule has 16 heteroatoms. The maximum Gasteiger partial charge on any atom is 0.259 e. The Morgan fingerprint density at radius 1 is 0.786 bits per heavy atom. The van der Waals surface area contributed by atoms with Crippen molar-refractivity contribution in [2.45, 2.75) is 31.3 Å². The second kappa shape index (κ2) is 14.6. The average molecular weight is 797 g/mol. The summed E-state index contributed by atoms with van der Waals surface area (Å²) in [5.74, 6) is -3.03. The van der Waals surface area contributed by atoms with Gasteiger partial charge in [-0.25, -0.2) is 8.78 Å². The minimum absolute atomic E-state index is 0.0165. The van der Waals surface area contributed by atoms with Crippen LogP contribution in [-0.4, -0.2) is 59.0 Å². The number of halogens is 2. The van der Waals surface area contributed by atoms with Crippen LogP contribution < -0.4 is 21.4 Å². The van der Waals surface area contributed by atoms with Gasteiger partial charge in [-0.05, 0) is 109 Å². The third kappa shape index (κ3) is 6.58. The van der Waals surface area contributed by atoms with E-state index in [-0.39, 0.29) is 49.4 Å². The third-order valence-corrected chi connectivity index (χ3v) is 11.1. The van der Waals surface area contributed by atoms with Gasteiger partial charge in [0, 0.05) is 49.4 Å². The van der Waals surface area contributed by atoms with Crippen LogP contribution >= 0.6 is 24.4 Å². The molecule has 5 heterocycles. The zero-order chi connectivity index (χ0) is 39.4. The summed E-state index contributed by atoms with van der Waals surface area (Å²) in [6, 6.07) is 20.4. The highest BCUT2D eigenvalue weighted by Crippen LogP contribution is 2.41. The number of hydrogen-bond donors (Lipinski definition) is 4. The highest BCUT2D eigenvalue weighted by molar-refractivity contribution is 7.71. The molecule has 2 aliphatic rings. The topological polar surface area (TPSA) is 151 Å². The van der Waals surface area contributed by atoms with E-state index >= 15 is 0 Å². The smallest absolute Gasteiger partial charge is 0.259 e. The molecule has 0 radical (unpaired) electrons. The van der Waals surface area contributed by atoms with Crippen molar-refractivity contribution in [3.8, 4) is 28.9 Å². The maximum absolute atomic E-state index is 14.1. The van der Waals surface area contributed by atoms with Gasteiger partial charge in [-0.1, -0.05) is 12.1 Å². The van der Waals surface area contributed by atoms with Crippen LogP contribution in [0.5, 0.6) is 17.5 Å². The van der Waals surface area contributed by atoms with Gasteiger partial charge in [0.15, 0.2) is 9.54 Å². The average Bonchev–Trinajstić information content (AvgIpc) is 3.16. The van der Waals surface area contributed by atoms with Gasteiger partial charge < -0.3 is 19.5 Å². The van der Waals surface area contributed by atoms with E-state index in [0.717, 1.165) is 45.5 Å². The molecule has 0 saturated carbocycles. The molecule has 56 heavy (non-hydrogen) atoms. The highest BCUT2D eigenvalue weighted by Gasteiger charge is 2.36. The van der Waals surface area contributed by atoms with E-state index in [4.69, 9.17) is 29.2 Å². The SMILES string of the molecule is COc1ccc(C(c2c(O)n(-c3ccc(F)cc3)c(=S)[nH]c2=O)c2c(O)n(-c3ccc(F)cc3)c(=S)[nH]c2=O)cc1CN1C[C@@H]2C[C@H](C1)c1cccc(=O)n1C2. The molecule has 286 valence electrons. The monoisotopic (exact) mass is 796 g/mol. The van der Waals surface area contributed by atoms with E-state index in [1.165, 1.54) is 31.4 Å². The first-order valence-electron chi connectivity index (χ1n) is 17.7. The van der Waals surface area contributed by atoms with Crippen molar-refractivity contribution in [2.75, 3.05) is 20.2 Å². The first-order valence-corrected chi connectivity index (χ1v) is 18.5. The number of likely N-dealkylation sites (tertiary alicyclic amines) is 1. The number of aromatic nitrogens is 5. The summed E-state index contributed by atoms with van der Waals surface area (Å²) in [5, 5.41) is 24.0. The lowest BCUT2D eigenvalue weighted by molar-refractivity contribution is 0.113.